The van der Waals surface area contributed by atoms with Gasteiger partial charge in [-0.15, -0.1) is 24.0 Å². The molecule has 2 aromatic rings. The average molecular weight is 572 g/mol. The fourth-order valence-electron chi connectivity index (χ4n) is 3.66. The van der Waals surface area contributed by atoms with Crippen molar-refractivity contribution in [2.45, 2.75) is 19.0 Å². The molecular weight excluding hydrogens is 541 g/mol. The zero-order valence-electron chi connectivity index (χ0n) is 19.1. The molecule has 1 fully saturated rings. The van der Waals surface area contributed by atoms with Gasteiger partial charge in [0.25, 0.3) is 0 Å². The maximum absolute atomic E-state index is 14.1. The third kappa shape index (κ3) is 8.11. The predicted molar refractivity (Wildman–Crippen MR) is 139 cm³/mol. The van der Waals surface area contributed by atoms with E-state index in [9.17, 15) is 13.6 Å². The molecule has 1 heterocycles. The predicted octanol–water partition coefficient (Wildman–Crippen LogP) is 3.03. The van der Waals surface area contributed by atoms with Crippen LogP contribution < -0.4 is 20.9 Å². The average Bonchev–Trinajstić information content (AvgIpc) is 3.19. The summed E-state index contributed by atoms with van der Waals surface area (Å²) in [4.78, 5) is 20.0. The zero-order valence-corrected chi connectivity index (χ0v) is 21.4. The number of rotatable bonds is 7. The number of benzene rings is 2. The van der Waals surface area contributed by atoms with Crippen LogP contribution in [0.25, 0.3) is 0 Å². The van der Waals surface area contributed by atoms with Gasteiger partial charge in [0.05, 0.1) is 12.2 Å². The molecule has 0 aliphatic carbocycles. The molecule has 1 saturated heterocycles. The molecule has 0 bridgehead atoms. The Morgan fingerprint density at radius 3 is 2.70 bits per heavy atom. The van der Waals surface area contributed by atoms with Crippen LogP contribution in [0.5, 0.6) is 0 Å². The number of aliphatic imine (C=N–C) groups is 1. The van der Waals surface area contributed by atoms with Crippen LogP contribution in [0.1, 0.15) is 12.0 Å². The minimum absolute atomic E-state index is 0. The van der Waals surface area contributed by atoms with E-state index in [1.54, 1.807) is 7.05 Å². The summed E-state index contributed by atoms with van der Waals surface area (Å²) < 4.78 is 27.2. The molecule has 1 aliphatic rings. The van der Waals surface area contributed by atoms with Crippen LogP contribution in [0.4, 0.5) is 20.2 Å². The molecule has 1 aliphatic heterocycles. The Morgan fingerprint density at radius 1 is 1.21 bits per heavy atom. The van der Waals surface area contributed by atoms with Crippen molar-refractivity contribution in [3.63, 3.8) is 0 Å². The van der Waals surface area contributed by atoms with Crippen molar-refractivity contribution in [2.75, 3.05) is 51.0 Å². The number of nitrogens with zero attached hydrogens (tertiary/aromatic N) is 3. The van der Waals surface area contributed by atoms with E-state index in [0.717, 1.165) is 23.7 Å². The molecule has 1 atom stereocenters. The number of nitrogens with one attached hydrogen (secondary N) is 3. The van der Waals surface area contributed by atoms with E-state index < -0.39 is 11.6 Å². The second-order valence-electron chi connectivity index (χ2n) is 8.08. The highest BCUT2D eigenvalue weighted by molar-refractivity contribution is 14.0. The largest absolute Gasteiger partial charge is 0.367 e. The molecule has 7 nitrogen and oxygen atoms in total. The molecule has 1 unspecified atom stereocenters. The lowest BCUT2D eigenvalue weighted by molar-refractivity contribution is -0.116. The number of halogens is 3. The molecule has 0 radical (unpaired) electrons. The maximum atomic E-state index is 14.1. The number of hydrogen-bond donors (Lipinski definition) is 3. The monoisotopic (exact) mass is 572 g/mol. The van der Waals surface area contributed by atoms with Gasteiger partial charge in [-0.2, -0.15) is 0 Å². The molecule has 0 saturated carbocycles. The number of amides is 1. The Labute approximate surface area is 210 Å². The van der Waals surface area contributed by atoms with Gasteiger partial charge in [-0.05, 0) is 50.3 Å². The first kappa shape index (κ1) is 26.8. The molecule has 33 heavy (non-hydrogen) atoms. The number of hydrogen-bond acceptors (Lipinski definition) is 4. The Balaban J connectivity index is 0.00000385. The first-order chi connectivity index (χ1) is 15.3. The first-order valence-electron chi connectivity index (χ1n) is 10.5. The van der Waals surface area contributed by atoms with E-state index in [0.29, 0.717) is 37.8 Å². The summed E-state index contributed by atoms with van der Waals surface area (Å²) in [6.45, 7) is 2.11. The third-order valence-electron chi connectivity index (χ3n) is 5.13. The summed E-state index contributed by atoms with van der Waals surface area (Å²) in [5.74, 6) is -0.559. The van der Waals surface area contributed by atoms with Gasteiger partial charge in [0.15, 0.2) is 5.96 Å². The van der Waals surface area contributed by atoms with Crippen molar-refractivity contribution in [3.8, 4) is 0 Å². The lowest BCUT2D eigenvalue weighted by Crippen LogP contribution is -2.44. The fraction of sp³-hybridized carbons (Fsp3) is 0.391. The van der Waals surface area contributed by atoms with Crippen LogP contribution in [-0.2, 0) is 11.3 Å². The van der Waals surface area contributed by atoms with Gasteiger partial charge in [0.1, 0.15) is 11.6 Å². The van der Waals surface area contributed by atoms with E-state index in [-0.39, 0.29) is 35.9 Å². The van der Waals surface area contributed by atoms with Gasteiger partial charge < -0.3 is 25.8 Å². The number of likely N-dealkylation sites (N-methyl/N-ethyl adjacent to an activating group) is 1. The minimum atomic E-state index is -0.578. The summed E-state index contributed by atoms with van der Waals surface area (Å²) in [6.07, 6.45) is 0.810. The summed E-state index contributed by atoms with van der Waals surface area (Å²) >= 11 is 0. The zero-order chi connectivity index (χ0) is 23.1. The molecular formula is C23H31F2IN6O. The highest BCUT2D eigenvalue weighted by atomic mass is 127. The lowest BCUT2D eigenvalue weighted by Gasteiger charge is -2.21. The lowest BCUT2D eigenvalue weighted by atomic mass is 10.2. The Bertz CT molecular complexity index is 972. The smallest absolute Gasteiger partial charge is 0.238 e. The molecule has 1 amide bonds. The first-order valence-corrected chi connectivity index (χ1v) is 10.5. The van der Waals surface area contributed by atoms with Crippen LogP contribution in [-0.4, -0.2) is 63.6 Å². The maximum Gasteiger partial charge on any atom is 0.238 e. The Morgan fingerprint density at radius 2 is 2.00 bits per heavy atom. The van der Waals surface area contributed by atoms with Crippen molar-refractivity contribution in [3.05, 3.63) is 59.7 Å². The van der Waals surface area contributed by atoms with Crippen molar-refractivity contribution in [1.29, 1.82) is 0 Å². The van der Waals surface area contributed by atoms with E-state index >= 15 is 0 Å². The molecule has 3 N–H and O–H groups in total. The van der Waals surface area contributed by atoms with Crippen molar-refractivity contribution in [1.82, 2.24) is 15.5 Å². The second-order valence-corrected chi connectivity index (χ2v) is 8.08. The quantitative estimate of drug-likeness (QED) is 0.271. The minimum Gasteiger partial charge on any atom is -0.367 e. The molecule has 2 aromatic carbocycles. The number of carbonyl (C=O) groups excluding carboxylic acids is 1. The van der Waals surface area contributed by atoms with Crippen LogP contribution >= 0.6 is 24.0 Å². The fourth-order valence-corrected chi connectivity index (χ4v) is 3.66. The summed E-state index contributed by atoms with van der Waals surface area (Å²) in [7, 11) is 5.39. The molecule has 0 aromatic heterocycles. The molecule has 0 spiro atoms. The van der Waals surface area contributed by atoms with Crippen molar-refractivity contribution >= 4 is 47.2 Å². The summed E-state index contributed by atoms with van der Waals surface area (Å²) in [5, 5.41) is 9.52. The normalized spacial score (nSPS) is 15.9. The van der Waals surface area contributed by atoms with Gasteiger partial charge in [-0.1, -0.05) is 12.1 Å². The highest BCUT2D eigenvalue weighted by Crippen LogP contribution is 2.24. The SMILES string of the molecule is CN=C(NCc1cccc(NC(=O)CN(C)C)c1)NC1CCN(c2ccc(F)cc2F)C1.I. The van der Waals surface area contributed by atoms with Crippen molar-refractivity contribution < 1.29 is 13.6 Å². The van der Waals surface area contributed by atoms with Gasteiger partial charge >= 0.3 is 0 Å². The number of carbonyl (C=O) groups is 1. The Kier molecular flexibility index (Phi) is 10.3. The summed E-state index contributed by atoms with van der Waals surface area (Å²) in [5.41, 5.74) is 2.15. The molecule has 3 rings (SSSR count). The molecule has 10 heteroatoms. The summed E-state index contributed by atoms with van der Waals surface area (Å²) in [6, 6.07) is 11.4. The van der Waals surface area contributed by atoms with E-state index in [1.165, 1.54) is 12.1 Å². The van der Waals surface area contributed by atoms with E-state index in [1.807, 2.05) is 48.2 Å². The molecule has 180 valence electrons. The van der Waals surface area contributed by atoms with Gasteiger partial charge in [0, 0.05) is 44.5 Å². The number of guanidine groups is 1. The van der Waals surface area contributed by atoms with Gasteiger partial charge in [-0.3, -0.25) is 9.79 Å². The van der Waals surface area contributed by atoms with E-state index in [2.05, 4.69) is 20.9 Å². The van der Waals surface area contributed by atoms with Crippen LogP contribution in [0.15, 0.2) is 47.5 Å². The standard InChI is InChI=1S/C23H30F2N6O.HI/c1-26-23(27-13-16-5-4-6-18(11-16)28-22(32)15-30(2)3)29-19-9-10-31(14-19)21-8-7-17(24)12-20(21)25;/h4-8,11-12,19H,9-10,13-15H2,1-3H3,(H,28,32)(H2,26,27,29);1H. The van der Waals surface area contributed by atoms with Crippen LogP contribution in [0, 0.1) is 11.6 Å². The van der Waals surface area contributed by atoms with Crippen molar-refractivity contribution in [2.24, 2.45) is 4.99 Å². The Hall–Kier alpha value is -2.47. The topological polar surface area (TPSA) is 72.0 Å². The van der Waals surface area contributed by atoms with Crippen LogP contribution in [0.2, 0.25) is 0 Å². The second kappa shape index (κ2) is 12.7. The van der Waals surface area contributed by atoms with Gasteiger partial charge in [0.2, 0.25) is 5.91 Å². The highest BCUT2D eigenvalue weighted by Gasteiger charge is 2.25. The van der Waals surface area contributed by atoms with Gasteiger partial charge in [-0.25, -0.2) is 8.78 Å². The van der Waals surface area contributed by atoms with E-state index in [4.69, 9.17) is 0 Å². The van der Waals surface area contributed by atoms with Crippen LogP contribution in [0.3, 0.4) is 0 Å². The third-order valence-corrected chi connectivity index (χ3v) is 5.13. The number of anilines is 2.